The first kappa shape index (κ1) is 19.7. The number of hydrogen-bond acceptors (Lipinski definition) is 5. The molecule has 1 aromatic rings. The van der Waals surface area contributed by atoms with E-state index in [0.29, 0.717) is 25.0 Å². The maximum absolute atomic E-state index is 11.7. The molecule has 1 amide bonds. The molecule has 148 valence electrons. The molecule has 1 aliphatic heterocycles. The molecule has 1 aliphatic carbocycles. The molecule has 0 aromatic heterocycles. The van der Waals surface area contributed by atoms with Gasteiger partial charge in [0.2, 0.25) is 5.91 Å². The van der Waals surface area contributed by atoms with Crippen LogP contribution in [0.3, 0.4) is 0 Å². The van der Waals surface area contributed by atoms with Crippen LogP contribution < -0.4 is 16.0 Å². The summed E-state index contributed by atoms with van der Waals surface area (Å²) in [7, 11) is 1.85. The zero-order valence-corrected chi connectivity index (χ0v) is 16.4. The van der Waals surface area contributed by atoms with Crippen molar-refractivity contribution in [1.82, 2.24) is 15.5 Å². The number of rotatable bonds is 7. The summed E-state index contributed by atoms with van der Waals surface area (Å²) in [5.41, 5.74) is 4.39. The minimum absolute atomic E-state index is 0.0237. The van der Waals surface area contributed by atoms with Gasteiger partial charge >= 0.3 is 0 Å². The van der Waals surface area contributed by atoms with Crippen LogP contribution in [0.1, 0.15) is 31.7 Å². The Labute approximate surface area is 165 Å². The van der Waals surface area contributed by atoms with Crippen LogP contribution in [0.15, 0.2) is 41.7 Å². The molecule has 1 fully saturated rings. The SMILES string of the molecule is CNC1=C(C(=N)Nc2ccc(/C(C=N)=C/NC3CC3)cc2)CN(C(C)=O)CC1. The number of anilines is 1. The number of benzene rings is 1. The standard InChI is InChI=1S/C21H28N6O/c1-14(28)27-10-9-20(24-2)19(13-27)21(23)26-18-5-3-15(4-6-18)16(11-22)12-25-17-7-8-17/h3-6,11-12,17,22,24-25H,7-10,13H2,1-2H3,(H2,23,26)/b16-12+,22-11?. The zero-order chi connectivity index (χ0) is 20.1. The van der Waals surface area contributed by atoms with Gasteiger partial charge in [-0.3, -0.25) is 10.2 Å². The van der Waals surface area contributed by atoms with Crippen molar-refractivity contribution in [2.45, 2.75) is 32.2 Å². The number of nitrogens with one attached hydrogen (secondary N) is 5. The van der Waals surface area contributed by atoms with Crippen LogP contribution in [-0.2, 0) is 4.79 Å². The number of carbonyl (C=O) groups is 1. The lowest BCUT2D eigenvalue weighted by atomic mass is 10.0. The first-order valence-corrected chi connectivity index (χ1v) is 9.60. The lowest BCUT2D eigenvalue weighted by Gasteiger charge is -2.30. The molecule has 0 bridgehead atoms. The Morgan fingerprint density at radius 2 is 1.96 bits per heavy atom. The largest absolute Gasteiger partial charge is 0.391 e. The van der Waals surface area contributed by atoms with Gasteiger partial charge in [0.25, 0.3) is 0 Å². The van der Waals surface area contributed by atoms with Gasteiger partial charge < -0.3 is 26.3 Å². The third kappa shape index (κ3) is 4.79. The molecule has 0 unspecified atom stereocenters. The van der Waals surface area contributed by atoms with Crippen LogP contribution in [0.2, 0.25) is 0 Å². The van der Waals surface area contributed by atoms with Crippen molar-refractivity contribution in [2.24, 2.45) is 0 Å². The molecule has 0 saturated heterocycles. The fraction of sp³-hybridized carbons (Fsp3) is 0.381. The van der Waals surface area contributed by atoms with Gasteiger partial charge in [0, 0.05) is 67.9 Å². The molecule has 28 heavy (non-hydrogen) atoms. The minimum Gasteiger partial charge on any atom is -0.391 e. The van der Waals surface area contributed by atoms with Gasteiger partial charge in [0.1, 0.15) is 5.84 Å². The third-order valence-corrected chi connectivity index (χ3v) is 5.09. The van der Waals surface area contributed by atoms with Crippen LogP contribution in [0, 0.1) is 10.8 Å². The van der Waals surface area contributed by atoms with E-state index in [9.17, 15) is 4.79 Å². The number of hydrogen-bond donors (Lipinski definition) is 5. The average Bonchev–Trinajstić information content (AvgIpc) is 3.53. The molecule has 1 heterocycles. The molecule has 7 heteroatoms. The predicted octanol–water partition coefficient (Wildman–Crippen LogP) is 2.54. The van der Waals surface area contributed by atoms with Crippen molar-refractivity contribution < 1.29 is 4.79 Å². The first-order chi connectivity index (χ1) is 13.5. The number of nitrogens with zero attached hydrogens (tertiary/aromatic N) is 1. The number of allylic oxidation sites excluding steroid dienone is 1. The average molecular weight is 380 g/mol. The van der Waals surface area contributed by atoms with E-state index >= 15 is 0 Å². The molecule has 0 atom stereocenters. The Balaban J connectivity index is 1.69. The Morgan fingerprint density at radius 3 is 2.54 bits per heavy atom. The van der Waals surface area contributed by atoms with E-state index < -0.39 is 0 Å². The van der Waals surface area contributed by atoms with E-state index in [1.165, 1.54) is 19.1 Å². The Morgan fingerprint density at radius 1 is 1.25 bits per heavy atom. The fourth-order valence-corrected chi connectivity index (χ4v) is 3.17. The van der Waals surface area contributed by atoms with Crippen LogP contribution in [0.25, 0.3) is 5.57 Å². The van der Waals surface area contributed by atoms with E-state index in [0.717, 1.165) is 34.5 Å². The first-order valence-electron chi connectivity index (χ1n) is 9.60. The van der Waals surface area contributed by atoms with Gasteiger partial charge in [0.15, 0.2) is 0 Å². The van der Waals surface area contributed by atoms with Crippen LogP contribution in [-0.4, -0.2) is 49.0 Å². The maximum Gasteiger partial charge on any atom is 0.219 e. The van der Waals surface area contributed by atoms with Gasteiger partial charge in [0.05, 0.1) is 6.54 Å². The van der Waals surface area contributed by atoms with Crippen molar-refractivity contribution in [2.75, 3.05) is 25.5 Å². The highest BCUT2D eigenvalue weighted by atomic mass is 16.2. The minimum atomic E-state index is 0.0237. The zero-order valence-electron chi connectivity index (χ0n) is 16.4. The summed E-state index contributed by atoms with van der Waals surface area (Å²) in [6.45, 7) is 2.66. The van der Waals surface area contributed by atoms with Crippen molar-refractivity contribution >= 4 is 29.2 Å². The normalized spacial score (nSPS) is 17.2. The highest BCUT2D eigenvalue weighted by Crippen LogP contribution is 2.22. The summed E-state index contributed by atoms with van der Waals surface area (Å²) in [6.07, 6.45) is 6.35. The van der Waals surface area contributed by atoms with Crippen LogP contribution in [0.4, 0.5) is 5.69 Å². The second-order valence-corrected chi connectivity index (χ2v) is 7.16. The number of amides is 1. The second kappa shape index (κ2) is 8.73. The van der Waals surface area contributed by atoms with Gasteiger partial charge in [-0.05, 0) is 30.5 Å². The van der Waals surface area contributed by atoms with Crippen molar-refractivity contribution in [3.63, 3.8) is 0 Å². The Kier molecular flexibility index (Phi) is 6.13. The molecule has 7 nitrogen and oxygen atoms in total. The molecular formula is C21H28N6O. The quantitative estimate of drug-likeness (QED) is 0.370. The van der Waals surface area contributed by atoms with Crippen molar-refractivity contribution in [3.8, 4) is 0 Å². The summed E-state index contributed by atoms with van der Waals surface area (Å²) >= 11 is 0. The monoisotopic (exact) mass is 380 g/mol. The number of amidine groups is 1. The fourth-order valence-electron chi connectivity index (χ4n) is 3.17. The molecule has 1 saturated carbocycles. The Hall–Kier alpha value is -3.09. The van der Waals surface area contributed by atoms with E-state index in [-0.39, 0.29) is 5.91 Å². The summed E-state index contributed by atoms with van der Waals surface area (Å²) < 4.78 is 0. The third-order valence-electron chi connectivity index (χ3n) is 5.09. The summed E-state index contributed by atoms with van der Waals surface area (Å²) in [5.74, 6) is 0.317. The Bertz CT molecular complexity index is 820. The van der Waals surface area contributed by atoms with Crippen LogP contribution >= 0.6 is 0 Å². The maximum atomic E-state index is 11.7. The number of carbonyl (C=O) groups excluding carboxylic acids is 1. The molecule has 0 radical (unpaired) electrons. The lowest BCUT2D eigenvalue weighted by molar-refractivity contribution is -0.128. The van der Waals surface area contributed by atoms with Crippen LogP contribution in [0.5, 0.6) is 0 Å². The van der Waals surface area contributed by atoms with Gasteiger partial charge in [-0.1, -0.05) is 12.1 Å². The van der Waals surface area contributed by atoms with Gasteiger partial charge in [-0.25, -0.2) is 0 Å². The highest BCUT2D eigenvalue weighted by molar-refractivity contribution is 6.09. The second-order valence-electron chi connectivity index (χ2n) is 7.16. The van der Waals surface area contributed by atoms with E-state index in [1.807, 2.05) is 37.5 Å². The molecule has 5 N–H and O–H groups in total. The molecule has 2 aliphatic rings. The van der Waals surface area contributed by atoms with E-state index in [1.54, 1.807) is 11.8 Å². The summed E-state index contributed by atoms with van der Waals surface area (Å²) in [6, 6.07) is 8.25. The molecule has 0 spiro atoms. The molecule has 3 rings (SSSR count). The summed E-state index contributed by atoms with van der Waals surface area (Å²) in [4.78, 5) is 13.5. The van der Waals surface area contributed by atoms with E-state index in [4.69, 9.17) is 10.8 Å². The van der Waals surface area contributed by atoms with E-state index in [2.05, 4.69) is 16.0 Å². The van der Waals surface area contributed by atoms with Gasteiger partial charge in [-0.15, -0.1) is 0 Å². The molecular weight excluding hydrogens is 352 g/mol. The van der Waals surface area contributed by atoms with Crippen molar-refractivity contribution in [3.05, 3.63) is 47.3 Å². The topological polar surface area (TPSA) is 104 Å². The summed E-state index contributed by atoms with van der Waals surface area (Å²) in [5, 5.41) is 25.7. The van der Waals surface area contributed by atoms with Crippen molar-refractivity contribution in [1.29, 1.82) is 10.8 Å². The lowest BCUT2D eigenvalue weighted by Crippen LogP contribution is -2.40. The smallest absolute Gasteiger partial charge is 0.219 e. The predicted molar refractivity (Wildman–Crippen MR) is 114 cm³/mol. The molecule has 1 aromatic carbocycles. The highest BCUT2D eigenvalue weighted by Gasteiger charge is 2.23. The van der Waals surface area contributed by atoms with Gasteiger partial charge in [-0.2, -0.15) is 0 Å².